The first-order valence-electron chi connectivity index (χ1n) is 9.79. The highest BCUT2D eigenvalue weighted by Gasteiger charge is 2.35. The number of carbonyl (C=O) groups excluding carboxylic acids is 2. The number of fused-ring (bicyclic) bond motifs is 1. The molecule has 2 aliphatic heterocycles. The Balaban J connectivity index is 1.51. The van der Waals surface area contributed by atoms with Crippen LogP contribution in [0.4, 0.5) is 5.69 Å². The molecule has 1 fully saturated rings. The number of rotatable bonds is 5. The summed E-state index contributed by atoms with van der Waals surface area (Å²) in [7, 11) is 1.64. The number of halogens is 1. The SMILES string of the molecule is COc1ccccc1CN1CCNC(=O)C1CC(=O)N1CCc2cc(Cl)ccc21. The molecule has 0 aromatic heterocycles. The van der Waals surface area contributed by atoms with Crippen molar-refractivity contribution < 1.29 is 14.3 Å². The van der Waals surface area contributed by atoms with Gasteiger partial charge in [0.15, 0.2) is 0 Å². The van der Waals surface area contributed by atoms with E-state index in [-0.39, 0.29) is 18.2 Å². The lowest BCUT2D eigenvalue weighted by Gasteiger charge is -2.35. The van der Waals surface area contributed by atoms with Gasteiger partial charge in [-0.25, -0.2) is 0 Å². The van der Waals surface area contributed by atoms with Crippen LogP contribution in [0, 0.1) is 0 Å². The van der Waals surface area contributed by atoms with Gasteiger partial charge < -0.3 is 15.0 Å². The van der Waals surface area contributed by atoms with E-state index in [0.717, 1.165) is 29.0 Å². The second-order valence-corrected chi connectivity index (χ2v) is 7.80. The zero-order valence-corrected chi connectivity index (χ0v) is 17.1. The first-order valence-corrected chi connectivity index (χ1v) is 10.2. The Morgan fingerprint density at radius 3 is 2.90 bits per heavy atom. The van der Waals surface area contributed by atoms with Crippen molar-refractivity contribution in [1.29, 1.82) is 0 Å². The maximum atomic E-state index is 13.1. The van der Waals surface area contributed by atoms with Crippen LogP contribution in [0.15, 0.2) is 42.5 Å². The molecule has 0 bridgehead atoms. The summed E-state index contributed by atoms with van der Waals surface area (Å²) in [4.78, 5) is 29.5. The Bertz CT molecular complexity index is 933. The average Bonchev–Trinajstić information content (AvgIpc) is 3.14. The molecule has 0 spiro atoms. The van der Waals surface area contributed by atoms with Crippen LogP contribution in [0.25, 0.3) is 0 Å². The highest BCUT2D eigenvalue weighted by molar-refractivity contribution is 6.30. The topological polar surface area (TPSA) is 61.9 Å². The van der Waals surface area contributed by atoms with Crippen molar-refractivity contribution >= 4 is 29.1 Å². The van der Waals surface area contributed by atoms with Crippen molar-refractivity contribution in [2.45, 2.75) is 25.4 Å². The fourth-order valence-corrected chi connectivity index (χ4v) is 4.33. The second kappa shape index (κ2) is 8.43. The molecule has 1 atom stereocenters. The number of methoxy groups -OCH3 is 1. The van der Waals surface area contributed by atoms with Gasteiger partial charge in [0.1, 0.15) is 5.75 Å². The Morgan fingerprint density at radius 2 is 2.07 bits per heavy atom. The molecule has 152 valence electrons. The van der Waals surface area contributed by atoms with Gasteiger partial charge in [0.05, 0.1) is 19.6 Å². The van der Waals surface area contributed by atoms with Crippen LogP contribution in [0.2, 0.25) is 5.02 Å². The molecule has 7 heteroatoms. The van der Waals surface area contributed by atoms with Gasteiger partial charge in [0, 0.05) is 42.5 Å². The summed E-state index contributed by atoms with van der Waals surface area (Å²) < 4.78 is 5.45. The molecule has 0 aliphatic carbocycles. The molecule has 0 saturated carbocycles. The van der Waals surface area contributed by atoms with Crippen molar-refractivity contribution in [1.82, 2.24) is 10.2 Å². The molecule has 1 unspecified atom stereocenters. The van der Waals surface area contributed by atoms with Crippen LogP contribution >= 0.6 is 11.6 Å². The first kappa shape index (κ1) is 19.7. The number of anilines is 1. The highest BCUT2D eigenvalue weighted by Crippen LogP contribution is 2.31. The molecule has 2 aromatic rings. The quantitative estimate of drug-likeness (QED) is 0.818. The fraction of sp³-hybridized carbons (Fsp3) is 0.364. The molecule has 6 nitrogen and oxygen atoms in total. The van der Waals surface area contributed by atoms with E-state index in [1.54, 1.807) is 18.1 Å². The number of piperazine rings is 1. The number of nitrogens with one attached hydrogen (secondary N) is 1. The molecule has 2 amide bonds. The average molecular weight is 414 g/mol. The predicted octanol–water partition coefficient (Wildman–Crippen LogP) is 2.63. The van der Waals surface area contributed by atoms with Crippen molar-refractivity contribution in [2.75, 3.05) is 31.6 Å². The summed E-state index contributed by atoms with van der Waals surface area (Å²) in [6, 6.07) is 12.9. The summed E-state index contributed by atoms with van der Waals surface area (Å²) in [5, 5.41) is 3.57. The third-order valence-electron chi connectivity index (χ3n) is 5.61. The van der Waals surface area contributed by atoms with Gasteiger partial charge in [-0.15, -0.1) is 0 Å². The number of hydrogen-bond acceptors (Lipinski definition) is 4. The molecule has 4 rings (SSSR count). The molecular weight excluding hydrogens is 390 g/mol. The summed E-state index contributed by atoms with van der Waals surface area (Å²) in [6.07, 6.45) is 0.923. The number of hydrogen-bond donors (Lipinski definition) is 1. The van der Waals surface area contributed by atoms with Gasteiger partial charge in [-0.2, -0.15) is 0 Å². The maximum Gasteiger partial charge on any atom is 0.237 e. The van der Waals surface area contributed by atoms with Crippen molar-refractivity contribution in [3.05, 3.63) is 58.6 Å². The minimum Gasteiger partial charge on any atom is -0.496 e. The van der Waals surface area contributed by atoms with Gasteiger partial charge in [0.25, 0.3) is 0 Å². The van der Waals surface area contributed by atoms with Gasteiger partial charge >= 0.3 is 0 Å². The standard InChI is InChI=1S/C22H24ClN3O3/c1-29-20-5-3-2-4-16(20)14-25-11-9-24-22(28)19(25)13-21(27)26-10-8-15-12-17(23)6-7-18(15)26/h2-7,12,19H,8-11,13-14H2,1H3,(H,24,28). The van der Waals surface area contributed by atoms with Gasteiger partial charge in [-0.3, -0.25) is 14.5 Å². The summed E-state index contributed by atoms with van der Waals surface area (Å²) in [5.41, 5.74) is 2.97. The lowest BCUT2D eigenvalue weighted by atomic mass is 10.1. The first-order chi connectivity index (χ1) is 14.1. The summed E-state index contributed by atoms with van der Waals surface area (Å²) in [6.45, 7) is 2.44. The third-order valence-corrected chi connectivity index (χ3v) is 5.85. The number of nitrogens with zero attached hydrogens (tertiary/aromatic N) is 2. The van der Waals surface area contributed by atoms with Crippen LogP contribution in [0.1, 0.15) is 17.5 Å². The molecular formula is C22H24ClN3O3. The molecule has 2 aliphatic rings. The lowest BCUT2D eigenvalue weighted by molar-refractivity contribution is -0.133. The van der Waals surface area contributed by atoms with Crippen molar-refractivity contribution in [3.63, 3.8) is 0 Å². The van der Waals surface area contributed by atoms with E-state index in [2.05, 4.69) is 10.2 Å². The Hall–Kier alpha value is -2.57. The van der Waals surface area contributed by atoms with E-state index < -0.39 is 6.04 Å². The zero-order valence-electron chi connectivity index (χ0n) is 16.4. The van der Waals surface area contributed by atoms with E-state index in [1.807, 2.05) is 36.4 Å². The molecule has 29 heavy (non-hydrogen) atoms. The second-order valence-electron chi connectivity index (χ2n) is 7.36. The Labute approximate surface area is 175 Å². The van der Waals surface area contributed by atoms with Gasteiger partial charge in [-0.1, -0.05) is 29.8 Å². The normalized spacial score (nSPS) is 19.0. The van der Waals surface area contributed by atoms with Crippen LogP contribution < -0.4 is 15.0 Å². The smallest absolute Gasteiger partial charge is 0.237 e. The van der Waals surface area contributed by atoms with E-state index in [0.29, 0.717) is 31.2 Å². The summed E-state index contributed by atoms with van der Waals surface area (Å²) >= 11 is 6.07. The number of amides is 2. The van der Waals surface area contributed by atoms with E-state index in [1.165, 1.54) is 0 Å². The van der Waals surface area contributed by atoms with Crippen LogP contribution in [-0.4, -0.2) is 49.5 Å². The molecule has 2 heterocycles. The Morgan fingerprint density at radius 1 is 1.24 bits per heavy atom. The number of ether oxygens (including phenoxy) is 1. The van der Waals surface area contributed by atoms with Crippen molar-refractivity contribution in [2.24, 2.45) is 0 Å². The number of benzene rings is 2. The van der Waals surface area contributed by atoms with E-state index in [4.69, 9.17) is 16.3 Å². The van der Waals surface area contributed by atoms with Crippen LogP contribution in [0.3, 0.4) is 0 Å². The maximum absolute atomic E-state index is 13.1. The van der Waals surface area contributed by atoms with Gasteiger partial charge in [-0.05, 0) is 36.2 Å². The minimum atomic E-state index is -0.502. The van der Waals surface area contributed by atoms with E-state index >= 15 is 0 Å². The van der Waals surface area contributed by atoms with E-state index in [9.17, 15) is 9.59 Å². The Kier molecular flexibility index (Phi) is 5.74. The zero-order chi connectivity index (χ0) is 20.4. The van der Waals surface area contributed by atoms with Crippen molar-refractivity contribution in [3.8, 4) is 5.75 Å². The molecule has 1 saturated heterocycles. The molecule has 0 radical (unpaired) electrons. The van der Waals surface area contributed by atoms with Crippen LogP contribution in [0.5, 0.6) is 5.75 Å². The lowest BCUT2D eigenvalue weighted by Crippen LogP contribution is -2.56. The third kappa shape index (κ3) is 4.09. The van der Waals surface area contributed by atoms with Crippen LogP contribution in [-0.2, 0) is 22.6 Å². The highest BCUT2D eigenvalue weighted by atomic mass is 35.5. The van der Waals surface area contributed by atoms with Gasteiger partial charge in [0.2, 0.25) is 11.8 Å². The molecule has 1 N–H and O–H groups in total. The number of para-hydroxylation sites is 1. The predicted molar refractivity (Wildman–Crippen MR) is 112 cm³/mol. The minimum absolute atomic E-state index is 0.0434. The fourth-order valence-electron chi connectivity index (χ4n) is 4.13. The molecule has 2 aromatic carbocycles. The largest absolute Gasteiger partial charge is 0.496 e. The monoisotopic (exact) mass is 413 g/mol. The summed E-state index contributed by atoms with van der Waals surface area (Å²) in [5.74, 6) is 0.641. The number of carbonyl (C=O) groups is 2.